The third-order valence-electron chi connectivity index (χ3n) is 4.21. The minimum Gasteiger partial charge on any atom is -0.312 e. The first-order chi connectivity index (χ1) is 10.4. The molecule has 2 heteroatoms. The van der Waals surface area contributed by atoms with Gasteiger partial charge < -0.3 is 5.32 Å². The summed E-state index contributed by atoms with van der Waals surface area (Å²) in [6, 6.07) is 2.27. The maximum Gasteiger partial charge on any atom is 0.0302 e. The van der Waals surface area contributed by atoms with Gasteiger partial charge in [-0.3, -0.25) is 0 Å². The SMILES string of the molecule is CCCCCCCCCCCCNCc1sccc1CC. The third kappa shape index (κ3) is 9.31. The van der Waals surface area contributed by atoms with Crippen molar-refractivity contribution in [1.82, 2.24) is 5.32 Å². The molecule has 0 radical (unpaired) electrons. The maximum atomic E-state index is 3.60. The lowest BCUT2D eigenvalue weighted by Gasteiger charge is -2.05. The Morgan fingerprint density at radius 1 is 0.857 bits per heavy atom. The quantitative estimate of drug-likeness (QED) is 0.396. The van der Waals surface area contributed by atoms with Gasteiger partial charge in [0.2, 0.25) is 0 Å². The van der Waals surface area contributed by atoms with Crippen LogP contribution in [0.5, 0.6) is 0 Å². The van der Waals surface area contributed by atoms with E-state index in [2.05, 4.69) is 30.6 Å². The Morgan fingerprint density at radius 2 is 1.48 bits per heavy atom. The molecule has 1 rings (SSSR count). The van der Waals surface area contributed by atoms with Crippen LogP contribution in [0.25, 0.3) is 0 Å². The molecule has 1 heterocycles. The standard InChI is InChI=1S/C19H35NS/c1-3-5-6-7-8-9-10-11-12-13-15-20-17-19-18(4-2)14-16-21-19/h14,16,20H,3-13,15,17H2,1-2H3. The summed E-state index contributed by atoms with van der Waals surface area (Å²) >= 11 is 1.89. The largest absolute Gasteiger partial charge is 0.312 e. The lowest BCUT2D eigenvalue weighted by molar-refractivity contribution is 0.544. The fraction of sp³-hybridized carbons (Fsp3) is 0.789. The monoisotopic (exact) mass is 309 g/mol. The molecule has 0 saturated heterocycles. The van der Waals surface area contributed by atoms with Gasteiger partial charge in [-0.15, -0.1) is 11.3 Å². The number of thiophene rings is 1. The van der Waals surface area contributed by atoms with Crippen molar-refractivity contribution in [3.8, 4) is 0 Å². The average molecular weight is 310 g/mol. The van der Waals surface area contributed by atoms with Crippen LogP contribution in [0.3, 0.4) is 0 Å². The molecule has 0 aromatic carbocycles. The second-order valence-corrected chi connectivity index (χ2v) is 7.08. The van der Waals surface area contributed by atoms with Crippen molar-refractivity contribution in [3.05, 3.63) is 21.9 Å². The fourth-order valence-corrected chi connectivity index (χ4v) is 3.72. The molecule has 0 aliphatic heterocycles. The van der Waals surface area contributed by atoms with Crippen molar-refractivity contribution in [2.75, 3.05) is 6.54 Å². The van der Waals surface area contributed by atoms with E-state index in [-0.39, 0.29) is 0 Å². The molecular weight excluding hydrogens is 274 g/mol. The van der Waals surface area contributed by atoms with Crippen LogP contribution >= 0.6 is 11.3 Å². The van der Waals surface area contributed by atoms with Gasteiger partial charge in [0.25, 0.3) is 0 Å². The van der Waals surface area contributed by atoms with Crippen LogP contribution in [0, 0.1) is 0 Å². The number of rotatable bonds is 14. The predicted octanol–water partition coefficient (Wildman–Crippen LogP) is 6.32. The fourth-order valence-electron chi connectivity index (χ4n) is 2.78. The Bertz CT molecular complexity index is 332. The van der Waals surface area contributed by atoms with E-state index in [9.17, 15) is 0 Å². The number of hydrogen-bond donors (Lipinski definition) is 1. The molecule has 1 aromatic rings. The molecule has 0 aliphatic carbocycles. The van der Waals surface area contributed by atoms with Gasteiger partial charge in [0.15, 0.2) is 0 Å². The lowest BCUT2D eigenvalue weighted by Crippen LogP contribution is -2.14. The zero-order valence-corrected chi connectivity index (χ0v) is 15.1. The van der Waals surface area contributed by atoms with Crippen molar-refractivity contribution in [1.29, 1.82) is 0 Å². The van der Waals surface area contributed by atoms with Crippen molar-refractivity contribution in [2.24, 2.45) is 0 Å². The second kappa shape index (κ2) is 13.3. The van der Waals surface area contributed by atoms with E-state index in [4.69, 9.17) is 0 Å². The molecule has 0 unspecified atom stereocenters. The first-order valence-corrected chi connectivity index (χ1v) is 10.0. The molecule has 21 heavy (non-hydrogen) atoms. The number of unbranched alkanes of at least 4 members (excludes halogenated alkanes) is 9. The Labute approximate surface area is 136 Å². The van der Waals surface area contributed by atoms with Crippen molar-refractivity contribution >= 4 is 11.3 Å². The van der Waals surface area contributed by atoms with Gasteiger partial charge in [-0.2, -0.15) is 0 Å². The molecule has 0 saturated carbocycles. The van der Waals surface area contributed by atoms with Crippen LogP contribution < -0.4 is 5.32 Å². The summed E-state index contributed by atoms with van der Waals surface area (Å²) in [5.74, 6) is 0. The number of aryl methyl sites for hydroxylation is 1. The molecule has 0 amide bonds. The Kier molecular flexibility index (Phi) is 11.9. The molecular formula is C19H35NS. The molecule has 0 bridgehead atoms. The minimum absolute atomic E-state index is 1.07. The molecule has 0 aliphatic rings. The zero-order valence-electron chi connectivity index (χ0n) is 14.3. The Balaban J connectivity index is 1.83. The van der Waals surface area contributed by atoms with Crippen LogP contribution in [-0.2, 0) is 13.0 Å². The van der Waals surface area contributed by atoms with E-state index < -0.39 is 0 Å². The molecule has 0 fully saturated rings. The van der Waals surface area contributed by atoms with Gasteiger partial charge in [-0.25, -0.2) is 0 Å². The maximum absolute atomic E-state index is 3.60. The van der Waals surface area contributed by atoms with E-state index in [0.717, 1.165) is 6.54 Å². The number of hydrogen-bond acceptors (Lipinski definition) is 2. The van der Waals surface area contributed by atoms with E-state index in [0.29, 0.717) is 0 Å². The van der Waals surface area contributed by atoms with E-state index in [1.165, 1.54) is 87.6 Å². The predicted molar refractivity (Wildman–Crippen MR) is 97.2 cm³/mol. The van der Waals surface area contributed by atoms with Crippen LogP contribution in [0.2, 0.25) is 0 Å². The Hall–Kier alpha value is -0.340. The smallest absolute Gasteiger partial charge is 0.0302 e. The molecule has 0 spiro atoms. The lowest BCUT2D eigenvalue weighted by atomic mass is 10.1. The highest BCUT2D eigenvalue weighted by atomic mass is 32.1. The van der Waals surface area contributed by atoms with Crippen LogP contribution in [0.15, 0.2) is 11.4 Å². The van der Waals surface area contributed by atoms with Gasteiger partial charge in [-0.05, 0) is 36.4 Å². The average Bonchev–Trinajstić information content (AvgIpc) is 2.96. The normalized spacial score (nSPS) is 11.1. The van der Waals surface area contributed by atoms with E-state index in [1.807, 2.05) is 11.3 Å². The van der Waals surface area contributed by atoms with Gasteiger partial charge in [-0.1, -0.05) is 71.6 Å². The first-order valence-electron chi connectivity index (χ1n) is 9.14. The van der Waals surface area contributed by atoms with Crippen LogP contribution in [0.1, 0.15) is 88.5 Å². The molecule has 1 aromatic heterocycles. The summed E-state index contributed by atoms with van der Waals surface area (Å²) in [4.78, 5) is 1.53. The van der Waals surface area contributed by atoms with E-state index in [1.54, 1.807) is 0 Å². The van der Waals surface area contributed by atoms with Gasteiger partial charge in [0.05, 0.1) is 0 Å². The van der Waals surface area contributed by atoms with Crippen molar-refractivity contribution < 1.29 is 0 Å². The molecule has 1 nitrogen and oxygen atoms in total. The minimum atomic E-state index is 1.07. The topological polar surface area (TPSA) is 12.0 Å². The first kappa shape index (κ1) is 18.7. The van der Waals surface area contributed by atoms with Gasteiger partial charge in [0.1, 0.15) is 0 Å². The summed E-state index contributed by atoms with van der Waals surface area (Å²) in [6.07, 6.45) is 15.4. The zero-order chi connectivity index (χ0) is 15.2. The number of nitrogens with one attached hydrogen (secondary N) is 1. The van der Waals surface area contributed by atoms with E-state index >= 15 is 0 Å². The third-order valence-corrected chi connectivity index (χ3v) is 5.17. The van der Waals surface area contributed by atoms with Gasteiger partial charge >= 0.3 is 0 Å². The van der Waals surface area contributed by atoms with Gasteiger partial charge in [0, 0.05) is 11.4 Å². The van der Waals surface area contributed by atoms with Crippen LogP contribution in [0.4, 0.5) is 0 Å². The summed E-state index contributed by atoms with van der Waals surface area (Å²) in [5, 5.41) is 5.82. The highest BCUT2D eigenvalue weighted by molar-refractivity contribution is 7.10. The Morgan fingerprint density at radius 3 is 2.10 bits per heavy atom. The second-order valence-electron chi connectivity index (χ2n) is 6.08. The molecule has 0 atom stereocenters. The highest BCUT2D eigenvalue weighted by Gasteiger charge is 2.01. The summed E-state index contributed by atoms with van der Waals surface area (Å²) in [5.41, 5.74) is 1.52. The molecule has 122 valence electrons. The van der Waals surface area contributed by atoms with Crippen molar-refractivity contribution in [3.63, 3.8) is 0 Å². The van der Waals surface area contributed by atoms with Crippen molar-refractivity contribution in [2.45, 2.75) is 91.0 Å². The summed E-state index contributed by atoms with van der Waals surface area (Å²) in [7, 11) is 0. The van der Waals surface area contributed by atoms with Crippen LogP contribution in [-0.4, -0.2) is 6.54 Å². The highest BCUT2D eigenvalue weighted by Crippen LogP contribution is 2.17. The summed E-state index contributed by atoms with van der Waals surface area (Å²) < 4.78 is 0. The summed E-state index contributed by atoms with van der Waals surface area (Å²) in [6.45, 7) is 6.78. The molecule has 1 N–H and O–H groups in total.